The topological polar surface area (TPSA) is 100 Å². The molecule has 1 aliphatic rings. The Morgan fingerprint density at radius 1 is 1.27 bits per heavy atom. The minimum Gasteiger partial charge on any atom is -0.359 e. The highest BCUT2D eigenvalue weighted by atomic mass is 32.1. The van der Waals surface area contributed by atoms with E-state index in [0.29, 0.717) is 10.8 Å². The molecule has 1 aliphatic heterocycles. The predicted octanol–water partition coefficient (Wildman–Crippen LogP) is 1.39. The zero-order chi connectivity index (χ0) is 18.5. The lowest BCUT2D eigenvalue weighted by Crippen LogP contribution is -2.38. The molecule has 3 heterocycles. The first-order valence-corrected chi connectivity index (χ1v) is 9.44. The van der Waals surface area contributed by atoms with Gasteiger partial charge < -0.3 is 15.5 Å². The minimum absolute atomic E-state index is 0.0134. The Kier molecular flexibility index (Phi) is 5.77. The van der Waals surface area contributed by atoms with Crippen molar-refractivity contribution < 1.29 is 9.59 Å². The van der Waals surface area contributed by atoms with Crippen LogP contribution in [0.25, 0.3) is 0 Å². The fourth-order valence-electron chi connectivity index (χ4n) is 2.84. The average molecular weight is 374 g/mol. The van der Waals surface area contributed by atoms with Crippen molar-refractivity contribution in [3.05, 3.63) is 28.9 Å². The first kappa shape index (κ1) is 18.2. The van der Waals surface area contributed by atoms with Crippen LogP contribution in [-0.4, -0.2) is 47.1 Å². The van der Waals surface area contributed by atoms with Gasteiger partial charge in [0.1, 0.15) is 0 Å². The molecule has 0 aliphatic carbocycles. The van der Waals surface area contributed by atoms with E-state index in [0.717, 1.165) is 37.4 Å². The van der Waals surface area contributed by atoms with Gasteiger partial charge in [-0.3, -0.25) is 9.59 Å². The number of carbonyl (C=O) groups is 2. The van der Waals surface area contributed by atoms with Gasteiger partial charge >= 0.3 is 0 Å². The number of piperidine rings is 1. The third-order valence-corrected chi connectivity index (χ3v) is 5.18. The van der Waals surface area contributed by atoms with Crippen LogP contribution in [0.4, 0.5) is 10.9 Å². The van der Waals surface area contributed by atoms with Crippen molar-refractivity contribution in [1.29, 1.82) is 0 Å². The van der Waals surface area contributed by atoms with Gasteiger partial charge in [-0.2, -0.15) is 5.10 Å². The van der Waals surface area contributed by atoms with Crippen LogP contribution in [0.15, 0.2) is 17.5 Å². The van der Waals surface area contributed by atoms with Crippen LogP contribution in [-0.2, 0) is 16.0 Å². The molecule has 0 bridgehead atoms. The molecule has 2 N–H and O–H groups in total. The van der Waals surface area contributed by atoms with Crippen LogP contribution in [0.1, 0.15) is 24.2 Å². The summed E-state index contributed by atoms with van der Waals surface area (Å²) < 4.78 is 0. The lowest BCUT2D eigenvalue weighted by atomic mass is 9.96. The Morgan fingerprint density at radius 3 is 2.69 bits per heavy atom. The zero-order valence-corrected chi connectivity index (χ0v) is 15.7. The zero-order valence-electron chi connectivity index (χ0n) is 14.9. The van der Waals surface area contributed by atoms with Gasteiger partial charge in [0.25, 0.3) is 0 Å². The molecular formula is C17H22N6O2S. The second-order valence-corrected chi connectivity index (χ2v) is 7.14. The number of aryl methyl sites for hydroxylation is 1. The van der Waals surface area contributed by atoms with Crippen molar-refractivity contribution in [2.24, 2.45) is 5.92 Å². The lowest BCUT2D eigenvalue weighted by molar-refractivity contribution is -0.121. The van der Waals surface area contributed by atoms with Crippen LogP contribution < -0.4 is 15.5 Å². The van der Waals surface area contributed by atoms with E-state index in [-0.39, 0.29) is 24.2 Å². The first-order valence-electron chi connectivity index (χ1n) is 8.56. The summed E-state index contributed by atoms with van der Waals surface area (Å²) in [5.74, 6) is 0.699. The summed E-state index contributed by atoms with van der Waals surface area (Å²) >= 11 is 1.34. The van der Waals surface area contributed by atoms with E-state index in [4.69, 9.17) is 0 Å². The summed E-state index contributed by atoms with van der Waals surface area (Å²) in [5, 5.41) is 16.1. The first-order chi connectivity index (χ1) is 12.5. The molecule has 2 aromatic heterocycles. The highest BCUT2D eigenvalue weighted by molar-refractivity contribution is 7.13. The molecule has 0 unspecified atom stereocenters. The maximum absolute atomic E-state index is 12.5. The molecule has 0 radical (unpaired) electrons. The Bertz CT molecular complexity index is 768. The van der Waals surface area contributed by atoms with Crippen molar-refractivity contribution >= 4 is 34.1 Å². The second kappa shape index (κ2) is 8.22. The molecule has 0 aromatic carbocycles. The molecule has 0 spiro atoms. The van der Waals surface area contributed by atoms with Gasteiger partial charge in [0.05, 0.1) is 17.8 Å². The van der Waals surface area contributed by atoms with E-state index >= 15 is 0 Å². The third-order valence-electron chi connectivity index (χ3n) is 4.38. The van der Waals surface area contributed by atoms with Crippen molar-refractivity contribution in [1.82, 2.24) is 20.5 Å². The maximum Gasteiger partial charge on any atom is 0.229 e. The third kappa shape index (κ3) is 4.54. The smallest absolute Gasteiger partial charge is 0.229 e. The SMILES string of the molecule is CNC(=O)Cc1csc(NC(=O)C2CCN(c3ccc(C)nn3)CC2)n1. The average Bonchev–Trinajstić information content (AvgIpc) is 3.09. The van der Waals surface area contributed by atoms with Crippen LogP contribution in [0, 0.1) is 12.8 Å². The predicted molar refractivity (Wildman–Crippen MR) is 100 cm³/mol. The number of amides is 2. The fourth-order valence-corrected chi connectivity index (χ4v) is 3.55. The molecular weight excluding hydrogens is 352 g/mol. The standard InChI is InChI=1S/C17H22N6O2S/c1-11-3-4-14(22-21-11)23-7-5-12(6-8-23)16(25)20-17-19-13(10-26-17)9-15(24)18-2/h3-4,10,12H,5-9H2,1-2H3,(H,18,24)(H,19,20,25). The van der Waals surface area contributed by atoms with Gasteiger partial charge in [0, 0.05) is 31.4 Å². The molecule has 2 aromatic rings. The second-order valence-electron chi connectivity index (χ2n) is 6.28. The Balaban J connectivity index is 1.50. The van der Waals surface area contributed by atoms with E-state index in [9.17, 15) is 9.59 Å². The summed E-state index contributed by atoms with van der Waals surface area (Å²) in [5.41, 5.74) is 1.56. The van der Waals surface area contributed by atoms with Crippen LogP contribution >= 0.6 is 11.3 Å². The molecule has 8 nitrogen and oxygen atoms in total. The van der Waals surface area contributed by atoms with Crippen molar-refractivity contribution in [3.8, 4) is 0 Å². The molecule has 26 heavy (non-hydrogen) atoms. The Morgan fingerprint density at radius 2 is 2.04 bits per heavy atom. The van der Waals surface area contributed by atoms with Crippen molar-refractivity contribution in [3.63, 3.8) is 0 Å². The van der Waals surface area contributed by atoms with E-state index in [1.54, 1.807) is 12.4 Å². The van der Waals surface area contributed by atoms with Crippen LogP contribution in [0.2, 0.25) is 0 Å². The highest BCUT2D eigenvalue weighted by Gasteiger charge is 2.26. The molecule has 1 saturated heterocycles. The van der Waals surface area contributed by atoms with Crippen molar-refractivity contribution in [2.45, 2.75) is 26.2 Å². The number of nitrogens with zero attached hydrogens (tertiary/aromatic N) is 4. The summed E-state index contributed by atoms with van der Waals surface area (Å²) in [6, 6.07) is 3.91. The number of rotatable bonds is 5. The number of anilines is 2. The van der Waals surface area contributed by atoms with E-state index in [2.05, 4.69) is 30.7 Å². The quantitative estimate of drug-likeness (QED) is 0.820. The summed E-state index contributed by atoms with van der Waals surface area (Å²) in [6.45, 7) is 3.46. The lowest BCUT2D eigenvalue weighted by Gasteiger charge is -2.31. The molecule has 138 valence electrons. The van der Waals surface area contributed by atoms with Gasteiger partial charge in [0.15, 0.2) is 10.9 Å². The summed E-state index contributed by atoms with van der Waals surface area (Å²) in [6.07, 6.45) is 1.74. The largest absolute Gasteiger partial charge is 0.359 e. The van der Waals surface area contributed by atoms with Gasteiger partial charge in [-0.25, -0.2) is 4.98 Å². The number of likely N-dealkylation sites (N-methyl/N-ethyl adjacent to an activating group) is 1. The number of hydrogen-bond donors (Lipinski definition) is 2. The minimum atomic E-state index is -0.0975. The number of thiazole rings is 1. The molecule has 3 rings (SSSR count). The van der Waals surface area contributed by atoms with E-state index in [1.807, 2.05) is 19.1 Å². The van der Waals surface area contributed by atoms with Crippen LogP contribution in [0.5, 0.6) is 0 Å². The molecule has 9 heteroatoms. The summed E-state index contributed by atoms with van der Waals surface area (Å²) in [7, 11) is 1.59. The molecule has 0 atom stereocenters. The Hall–Kier alpha value is -2.55. The van der Waals surface area contributed by atoms with Gasteiger partial charge in [-0.1, -0.05) is 0 Å². The number of hydrogen-bond acceptors (Lipinski definition) is 7. The number of aromatic nitrogens is 3. The van der Waals surface area contributed by atoms with Crippen LogP contribution in [0.3, 0.4) is 0 Å². The fraction of sp³-hybridized carbons (Fsp3) is 0.471. The van der Waals surface area contributed by atoms with Crippen molar-refractivity contribution in [2.75, 3.05) is 30.4 Å². The molecule has 2 amide bonds. The summed E-state index contributed by atoms with van der Waals surface area (Å²) in [4.78, 5) is 30.3. The van der Waals surface area contributed by atoms with Gasteiger partial charge in [-0.15, -0.1) is 16.4 Å². The Labute approximate surface area is 156 Å². The highest BCUT2D eigenvalue weighted by Crippen LogP contribution is 2.24. The number of nitrogens with one attached hydrogen (secondary N) is 2. The van der Waals surface area contributed by atoms with Gasteiger partial charge in [-0.05, 0) is 31.9 Å². The monoisotopic (exact) mass is 374 g/mol. The number of carbonyl (C=O) groups excluding carboxylic acids is 2. The van der Waals surface area contributed by atoms with E-state index in [1.165, 1.54) is 11.3 Å². The van der Waals surface area contributed by atoms with Gasteiger partial charge in [0.2, 0.25) is 11.8 Å². The molecule has 0 saturated carbocycles. The van der Waals surface area contributed by atoms with E-state index < -0.39 is 0 Å². The molecule has 1 fully saturated rings. The maximum atomic E-state index is 12.5. The normalized spacial score (nSPS) is 14.9.